The number of nitrogens with one attached hydrogen (secondary N) is 2. The minimum atomic E-state index is -0.237. The van der Waals surface area contributed by atoms with E-state index in [9.17, 15) is 4.79 Å². The van der Waals surface area contributed by atoms with Gasteiger partial charge in [-0.05, 0) is 32.0 Å². The molecule has 114 valence electrons. The maximum Gasteiger partial charge on any atom is 0.344 e. The highest BCUT2D eigenvalue weighted by Gasteiger charge is 2.14. The highest BCUT2D eigenvalue weighted by molar-refractivity contribution is 7.99. The Labute approximate surface area is 126 Å². The van der Waals surface area contributed by atoms with Gasteiger partial charge in [0, 0.05) is 18.7 Å². The Kier molecular flexibility index (Phi) is 4.84. The maximum atomic E-state index is 11.7. The quantitative estimate of drug-likeness (QED) is 0.693. The molecule has 0 aliphatic rings. The molecular weight excluding hydrogens is 290 g/mol. The van der Waals surface area contributed by atoms with Crippen LogP contribution in [-0.2, 0) is 0 Å². The summed E-state index contributed by atoms with van der Waals surface area (Å²) < 4.78 is 1.57. The van der Waals surface area contributed by atoms with Crippen LogP contribution in [0.3, 0.4) is 0 Å². The molecule has 0 fully saturated rings. The molecule has 21 heavy (non-hydrogen) atoms. The molecule has 4 N–H and O–H groups in total. The van der Waals surface area contributed by atoms with Crippen LogP contribution in [-0.4, -0.2) is 31.3 Å². The fraction of sp³-hybridized carbons (Fsp3) is 0.500. The molecule has 0 saturated heterocycles. The van der Waals surface area contributed by atoms with E-state index in [1.165, 1.54) is 11.8 Å². The zero-order valence-electron chi connectivity index (χ0n) is 12.3. The molecule has 0 aliphatic carbocycles. The second kappa shape index (κ2) is 6.61. The van der Waals surface area contributed by atoms with Crippen LogP contribution in [0.25, 0.3) is 0 Å². The average Bonchev–Trinajstić information content (AvgIpc) is 2.76. The van der Waals surface area contributed by atoms with Gasteiger partial charge in [-0.25, -0.2) is 14.9 Å². The van der Waals surface area contributed by atoms with E-state index in [4.69, 9.17) is 5.73 Å². The van der Waals surface area contributed by atoms with E-state index >= 15 is 0 Å². The smallest absolute Gasteiger partial charge is 0.344 e. The Hall–Kier alpha value is -2.03. The first-order valence-electron chi connectivity index (χ1n) is 6.74. The lowest BCUT2D eigenvalue weighted by molar-refractivity contribution is 0.534. The van der Waals surface area contributed by atoms with Gasteiger partial charge in [0.25, 0.3) is 0 Å². The molecule has 2 rings (SSSR count). The van der Waals surface area contributed by atoms with Gasteiger partial charge in [0.05, 0.1) is 0 Å². The number of nitrogens with two attached hydrogens (primary N) is 1. The third-order valence-electron chi connectivity index (χ3n) is 2.66. The molecule has 8 nitrogen and oxygen atoms in total. The highest BCUT2D eigenvalue weighted by atomic mass is 32.2. The zero-order valence-corrected chi connectivity index (χ0v) is 13.1. The topological polar surface area (TPSA) is 115 Å². The fourth-order valence-electron chi connectivity index (χ4n) is 1.75. The van der Waals surface area contributed by atoms with Crippen molar-refractivity contribution >= 4 is 23.5 Å². The second-order valence-electron chi connectivity index (χ2n) is 4.75. The number of nitrogen functional groups attached to an aromatic ring is 1. The molecule has 2 aromatic rings. The van der Waals surface area contributed by atoms with E-state index in [-0.39, 0.29) is 17.7 Å². The van der Waals surface area contributed by atoms with Crippen molar-refractivity contribution in [1.82, 2.24) is 24.7 Å². The predicted octanol–water partition coefficient (Wildman–Crippen LogP) is 1.50. The highest BCUT2D eigenvalue weighted by Crippen LogP contribution is 2.26. The van der Waals surface area contributed by atoms with Crippen molar-refractivity contribution in [2.24, 2.45) is 0 Å². The van der Waals surface area contributed by atoms with E-state index < -0.39 is 0 Å². The normalized spacial score (nSPS) is 11.0. The number of anilines is 2. The van der Waals surface area contributed by atoms with Gasteiger partial charge in [0.2, 0.25) is 5.95 Å². The number of H-pyrrole nitrogens is 1. The Morgan fingerprint density at radius 1 is 1.48 bits per heavy atom. The van der Waals surface area contributed by atoms with Crippen LogP contribution in [0.5, 0.6) is 0 Å². The second-order valence-corrected chi connectivity index (χ2v) is 5.74. The van der Waals surface area contributed by atoms with Crippen LogP contribution in [0.1, 0.15) is 33.2 Å². The Morgan fingerprint density at radius 2 is 2.24 bits per heavy atom. The Bertz CT molecular complexity index is 664. The minimum absolute atomic E-state index is 0.00983. The molecule has 0 aliphatic heterocycles. The summed E-state index contributed by atoms with van der Waals surface area (Å²) in [6.07, 6.45) is 0.985. The van der Waals surface area contributed by atoms with Gasteiger partial charge in [-0.3, -0.25) is 4.57 Å². The molecule has 0 aromatic carbocycles. The van der Waals surface area contributed by atoms with Crippen molar-refractivity contribution < 1.29 is 0 Å². The van der Waals surface area contributed by atoms with Gasteiger partial charge in [0.1, 0.15) is 10.8 Å². The lowest BCUT2D eigenvalue weighted by Gasteiger charge is -2.09. The van der Waals surface area contributed by atoms with Crippen molar-refractivity contribution in [3.63, 3.8) is 0 Å². The van der Waals surface area contributed by atoms with Crippen LogP contribution in [0, 0.1) is 0 Å². The monoisotopic (exact) mass is 309 g/mol. The number of hydrogen-bond acceptors (Lipinski definition) is 7. The van der Waals surface area contributed by atoms with Crippen LogP contribution in [0.2, 0.25) is 0 Å². The third kappa shape index (κ3) is 3.75. The van der Waals surface area contributed by atoms with Gasteiger partial charge in [0.15, 0.2) is 5.16 Å². The summed E-state index contributed by atoms with van der Waals surface area (Å²) in [4.78, 5) is 20.0. The van der Waals surface area contributed by atoms with Crippen molar-refractivity contribution in [3.05, 3.63) is 16.6 Å². The third-order valence-corrected chi connectivity index (χ3v) is 3.55. The van der Waals surface area contributed by atoms with Gasteiger partial charge >= 0.3 is 5.69 Å². The average molecular weight is 309 g/mol. The summed E-state index contributed by atoms with van der Waals surface area (Å²) in [6.45, 7) is 6.71. The number of rotatable bonds is 6. The summed E-state index contributed by atoms with van der Waals surface area (Å²) >= 11 is 1.27. The summed E-state index contributed by atoms with van der Waals surface area (Å²) in [5.74, 6) is 0.855. The van der Waals surface area contributed by atoms with Gasteiger partial charge in [-0.1, -0.05) is 6.92 Å². The molecule has 2 aromatic heterocycles. The number of nitrogens with zero attached hydrogens (tertiary/aromatic N) is 4. The molecule has 0 unspecified atom stereocenters. The standard InChI is InChI=1S/C12H19N7OS/c1-4-5-14-8-6-9(16-10(13)15-8)21-12-18-17-11(20)19(12)7(2)3/h6-7H,4-5H2,1-3H3,(H,17,20)(H3,13,14,15,16). The molecule has 0 atom stereocenters. The van der Waals surface area contributed by atoms with E-state index in [0.717, 1.165) is 13.0 Å². The maximum absolute atomic E-state index is 11.7. The van der Waals surface area contributed by atoms with Gasteiger partial charge in [-0.2, -0.15) is 4.98 Å². The largest absolute Gasteiger partial charge is 0.370 e. The van der Waals surface area contributed by atoms with E-state index in [1.54, 1.807) is 10.6 Å². The van der Waals surface area contributed by atoms with Gasteiger partial charge in [-0.15, -0.1) is 5.10 Å². The molecule has 0 radical (unpaired) electrons. The molecule has 2 heterocycles. The Morgan fingerprint density at radius 3 is 2.90 bits per heavy atom. The van der Waals surface area contributed by atoms with E-state index in [2.05, 4.69) is 32.4 Å². The van der Waals surface area contributed by atoms with Crippen molar-refractivity contribution in [2.45, 2.75) is 43.4 Å². The predicted molar refractivity (Wildman–Crippen MR) is 82.6 cm³/mol. The molecule has 0 saturated carbocycles. The van der Waals surface area contributed by atoms with Crippen molar-refractivity contribution in [3.8, 4) is 0 Å². The fourth-order valence-corrected chi connectivity index (χ4v) is 2.73. The van der Waals surface area contributed by atoms with E-state index in [0.29, 0.717) is 16.0 Å². The summed E-state index contributed by atoms with van der Waals surface area (Å²) in [5.41, 5.74) is 5.48. The first-order valence-corrected chi connectivity index (χ1v) is 7.56. The minimum Gasteiger partial charge on any atom is -0.370 e. The summed E-state index contributed by atoms with van der Waals surface area (Å²) in [7, 11) is 0. The number of aromatic amines is 1. The lowest BCUT2D eigenvalue weighted by atomic mass is 10.4. The number of hydrogen-bond donors (Lipinski definition) is 3. The summed E-state index contributed by atoms with van der Waals surface area (Å²) in [6, 6.07) is 1.80. The molecular formula is C12H19N7OS. The first-order chi connectivity index (χ1) is 10.0. The van der Waals surface area contributed by atoms with Crippen LogP contribution in [0.4, 0.5) is 11.8 Å². The van der Waals surface area contributed by atoms with Crippen LogP contribution >= 0.6 is 11.8 Å². The zero-order chi connectivity index (χ0) is 15.4. The first kappa shape index (κ1) is 15.4. The SMILES string of the molecule is CCCNc1cc(Sc2n[nH]c(=O)n2C(C)C)nc(N)n1. The molecule has 0 amide bonds. The molecule has 0 bridgehead atoms. The molecule has 9 heteroatoms. The van der Waals surface area contributed by atoms with Crippen molar-refractivity contribution in [2.75, 3.05) is 17.6 Å². The molecule has 0 spiro atoms. The summed E-state index contributed by atoms with van der Waals surface area (Å²) in [5, 5.41) is 10.8. The van der Waals surface area contributed by atoms with E-state index in [1.807, 2.05) is 13.8 Å². The van der Waals surface area contributed by atoms with Gasteiger partial charge < -0.3 is 11.1 Å². The number of aromatic nitrogens is 5. The lowest BCUT2D eigenvalue weighted by Crippen LogP contribution is -2.19. The van der Waals surface area contributed by atoms with Crippen molar-refractivity contribution in [1.29, 1.82) is 0 Å². The van der Waals surface area contributed by atoms with Crippen LogP contribution in [0.15, 0.2) is 21.0 Å². The Balaban J connectivity index is 2.27. The van der Waals surface area contributed by atoms with Crippen LogP contribution < -0.4 is 16.7 Å².